The maximum Gasteiger partial charge on any atom is 0.302 e. The van der Waals surface area contributed by atoms with Crippen LogP contribution in [0.5, 0.6) is 0 Å². The van der Waals surface area contributed by atoms with E-state index in [0.29, 0.717) is 43.3 Å². The number of unbranched alkanes of at least 4 members (excludes halogenated alkanes) is 1. The van der Waals surface area contributed by atoms with Crippen LogP contribution in [0.15, 0.2) is 11.7 Å². The van der Waals surface area contributed by atoms with Crippen LogP contribution in [-0.4, -0.2) is 24.6 Å². The quantitative estimate of drug-likeness (QED) is 0.397. The van der Waals surface area contributed by atoms with Crippen molar-refractivity contribution in [2.45, 2.75) is 98.0 Å². The predicted molar refractivity (Wildman–Crippen MR) is 112 cm³/mol. The Morgan fingerprint density at radius 2 is 1.93 bits per heavy atom. The van der Waals surface area contributed by atoms with Gasteiger partial charge < -0.3 is 9.47 Å². The highest BCUT2D eigenvalue weighted by molar-refractivity contribution is 5.66. The van der Waals surface area contributed by atoms with Crippen LogP contribution in [0, 0.1) is 23.2 Å². The average Bonchev–Trinajstić information content (AvgIpc) is 3.14. The molecule has 0 heterocycles. The van der Waals surface area contributed by atoms with E-state index >= 15 is 0 Å². The van der Waals surface area contributed by atoms with Crippen LogP contribution >= 0.6 is 0 Å². The molecule has 0 saturated heterocycles. The first-order chi connectivity index (χ1) is 14.2. The van der Waals surface area contributed by atoms with Crippen LogP contribution < -0.4 is 0 Å². The van der Waals surface area contributed by atoms with Gasteiger partial charge in [0.15, 0.2) is 0 Å². The van der Waals surface area contributed by atoms with E-state index in [9.17, 15) is 18.4 Å². The summed E-state index contributed by atoms with van der Waals surface area (Å²) in [4.78, 5) is 23.0. The molecule has 0 bridgehead atoms. The van der Waals surface area contributed by atoms with E-state index < -0.39 is 6.08 Å². The number of carbonyl (C=O) groups is 2. The zero-order valence-corrected chi connectivity index (χ0v) is 19.0. The second kappa shape index (κ2) is 11.2. The summed E-state index contributed by atoms with van der Waals surface area (Å²) in [6.45, 7) is 7.60. The van der Waals surface area contributed by atoms with Gasteiger partial charge in [-0.05, 0) is 74.2 Å². The van der Waals surface area contributed by atoms with E-state index in [4.69, 9.17) is 9.47 Å². The molecule has 2 aliphatic rings. The Bertz CT molecular complexity index is 629. The Morgan fingerprint density at radius 3 is 2.50 bits per heavy atom. The van der Waals surface area contributed by atoms with Gasteiger partial charge in [-0.1, -0.05) is 26.7 Å². The van der Waals surface area contributed by atoms with Gasteiger partial charge in [0.05, 0.1) is 6.61 Å². The average molecular weight is 429 g/mol. The van der Waals surface area contributed by atoms with Crippen molar-refractivity contribution in [2.24, 2.45) is 23.2 Å². The number of halogens is 2. The largest absolute Gasteiger partial charge is 0.466 e. The molecule has 0 aromatic carbocycles. The van der Waals surface area contributed by atoms with Crippen LogP contribution in [0.4, 0.5) is 8.78 Å². The van der Waals surface area contributed by atoms with Crippen molar-refractivity contribution >= 4 is 11.9 Å². The summed E-state index contributed by atoms with van der Waals surface area (Å²) in [6, 6.07) is 0. The molecule has 0 spiro atoms. The SMILES string of the molecule is CCCCC(CC1CCC(=C(F)F)C1)C1(C)CC[C@H](OC(C)=O)C[C@@H]1COC(C)=O. The molecule has 2 aliphatic carbocycles. The van der Waals surface area contributed by atoms with Crippen LogP contribution in [0.1, 0.15) is 91.9 Å². The van der Waals surface area contributed by atoms with E-state index in [-0.39, 0.29) is 29.4 Å². The molecule has 30 heavy (non-hydrogen) atoms. The number of esters is 2. The molecule has 2 saturated carbocycles. The summed E-state index contributed by atoms with van der Waals surface area (Å²) in [5.41, 5.74) is 0.261. The van der Waals surface area contributed by atoms with Crippen molar-refractivity contribution < 1.29 is 27.8 Å². The molecule has 4 nitrogen and oxygen atoms in total. The van der Waals surface area contributed by atoms with Gasteiger partial charge in [-0.15, -0.1) is 0 Å². The van der Waals surface area contributed by atoms with Gasteiger partial charge in [0.2, 0.25) is 0 Å². The van der Waals surface area contributed by atoms with Crippen molar-refractivity contribution in [3.8, 4) is 0 Å². The first kappa shape index (κ1) is 24.8. The molecule has 0 aromatic rings. The Morgan fingerprint density at radius 1 is 1.20 bits per heavy atom. The zero-order chi connectivity index (χ0) is 22.3. The Labute approximate surface area is 179 Å². The summed E-state index contributed by atoms with van der Waals surface area (Å²) in [6.07, 6.45) is 6.73. The van der Waals surface area contributed by atoms with Crippen molar-refractivity contribution in [1.29, 1.82) is 0 Å². The smallest absolute Gasteiger partial charge is 0.302 e. The molecule has 5 atom stereocenters. The first-order valence-electron chi connectivity index (χ1n) is 11.5. The molecular weight excluding hydrogens is 390 g/mol. The van der Waals surface area contributed by atoms with Gasteiger partial charge in [0, 0.05) is 19.8 Å². The topological polar surface area (TPSA) is 52.6 Å². The van der Waals surface area contributed by atoms with Gasteiger partial charge in [-0.25, -0.2) is 0 Å². The lowest BCUT2D eigenvalue weighted by atomic mass is 9.57. The highest BCUT2D eigenvalue weighted by Crippen LogP contribution is 2.52. The molecule has 0 aromatic heterocycles. The number of rotatable bonds is 9. The summed E-state index contributed by atoms with van der Waals surface area (Å²) < 4.78 is 37.0. The summed E-state index contributed by atoms with van der Waals surface area (Å²) in [7, 11) is 0. The van der Waals surface area contributed by atoms with Crippen LogP contribution in [0.3, 0.4) is 0 Å². The number of ether oxygens (including phenoxy) is 2. The predicted octanol–water partition coefficient (Wildman–Crippen LogP) is 6.43. The third kappa shape index (κ3) is 6.78. The highest BCUT2D eigenvalue weighted by atomic mass is 19.3. The van der Waals surface area contributed by atoms with Crippen LogP contribution in [0.2, 0.25) is 0 Å². The standard InChI is InChI=1S/C24H38F2O4/c1-5-6-7-20(13-18-8-9-19(12-18)23(25)26)24(4)11-10-22(30-17(3)28)14-21(24)15-29-16(2)27/h18,20-22H,5-15H2,1-4H3/t18?,20?,21-,22+,24?/m1/s1. The number of carbonyl (C=O) groups excluding carboxylic acids is 2. The molecule has 2 rings (SSSR count). The Hall–Kier alpha value is -1.46. The second-order valence-corrected chi connectivity index (χ2v) is 9.56. The third-order valence-corrected chi connectivity index (χ3v) is 7.42. The lowest BCUT2D eigenvalue weighted by molar-refractivity contribution is -0.158. The monoisotopic (exact) mass is 428 g/mol. The molecular formula is C24H38F2O4. The molecule has 3 unspecified atom stereocenters. The van der Waals surface area contributed by atoms with E-state index in [2.05, 4.69) is 13.8 Å². The van der Waals surface area contributed by atoms with Gasteiger partial charge in [-0.3, -0.25) is 9.59 Å². The summed E-state index contributed by atoms with van der Waals surface area (Å²) >= 11 is 0. The van der Waals surface area contributed by atoms with Crippen LogP contribution in [-0.2, 0) is 19.1 Å². The van der Waals surface area contributed by atoms with E-state index in [1.54, 1.807) is 0 Å². The fraction of sp³-hybridized carbons (Fsp3) is 0.833. The van der Waals surface area contributed by atoms with Crippen LogP contribution in [0.25, 0.3) is 0 Å². The molecule has 172 valence electrons. The summed E-state index contributed by atoms with van der Waals surface area (Å²) in [5.74, 6) is 0.177. The lowest BCUT2D eigenvalue weighted by Crippen LogP contribution is -2.45. The molecule has 0 radical (unpaired) electrons. The molecule has 0 N–H and O–H groups in total. The zero-order valence-electron chi connectivity index (χ0n) is 19.0. The minimum absolute atomic E-state index is 0.0675. The fourth-order valence-corrected chi connectivity index (χ4v) is 5.61. The number of hydrogen-bond donors (Lipinski definition) is 0. The first-order valence-corrected chi connectivity index (χ1v) is 11.5. The van der Waals surface area contributed by atoms with Gasteiger partial charge in [0.25, 0.3) is 6.08 Å². The molecule has 2 fully saturated rings. The maximum atomic E-state index is 13.1. The number of hydrogen-bond acceptors (Lipinski definition) is 4. The Kier molecular flexibility index (Phi) is 9.30. The second-order valence-electron chi connectivity index (χ2n) is 9.56. The van der Waals surface area contributed by atoms with Gasteiger partial charge >= 0.3 is 11.9 Å². The normalized spacial score (nSPS) is 30.1. The van der Waals surface area contributed by atoms with Crippen molar-refractivity contribution in [2.75, 3.05) is 6.61 Å². The van der Waals surface area contributed by atoms with Crippen molar-refractivity contribution in [3.63, 3.8) is 0 Å². The molecule has 6 heteroatoms. The fourth-order valence-electron chi connectivity index (χ4n) is 5.61. The lowest BCUT2D eigenvalue weighted by Gasteiger charge is -2.49. The molecule has 0 amide bonds. The minimum atomic E-state index is -1.50. The minimum Gasteiger partial charge on any atom is -0.466 e. The van der Waals surface area contributed by atoms with E-state index in [0.717, 1.165) is 44.9 Å². The number of allylic oxidation sites excluding steroid dienone is 1. The van der Waals surface area contributed by atoms with Crippen molar-refractivity contribution in [1.82, 2.24) is 0 Å². The third-order valence-electron chi connectivity index (χ3n) is 7.42. The van der Waals surface area contributed by atoms with E-state index in [1.807, 2.05) is 0 Å². The van der Waals surface area contributed by atoms with Gasteiger partial charge in [0.1, 0.15) is 6.10 Å². The van der Waals surface area contributed by atoms with Crippen molar-refractivity contribution in [3.05, 3.63) is 11.7 Å². The summed E-state index contributed by atoms with van der Waals surface area (Å²) in [5, 5.41) is 0. The Balaban J connectivity index is 2.19. The van der Waals surface area contributed by atoms with Gasteiger partial charge in [-0.2, -0.15) is 8.78 Å². The molecule has 0 aliphatic heterocycles. The highest BCUT2D eigenvalue weighted by Gasteiger charge is 2.47. The van der Waals surface area contributed by atoms with E-state index in [1.165, 1.54) is 13.8 Å². The maximum absolute atomic E-state index is 13.1.